The van der Waals surface area contributed by atoms with Crippen molar-refractivity contribution in [3.05, 3.63) is 0 Å². The molecular formula is C16H37NO5P2. The topological polar surface area (TPSA) is 98.9 Å². The summed E-state index contributed by atoms with van der Waals surface area (Å²) in [6.07, 6.45) is 11.1. The van der Waals surface area contributed by atoms with Crippen molar-refractivity contribution < 1.29 is 22.9 Å². The van der Waals surface area contributed by atoms with Crippen molar-refractivity contribution in [3.63, 3.8) is 0 Å². The van der Waals surface area contributed by atoms with Crippen molar-refractivity contribution in [2.75, 3.05) is 19.4 Å². The first-order valence-electron chi connectivity index (χ1n) is 9.23. The van der Waals surface area contributed by atoms with Gasteiger partial charge in [0.25, 0.3) is 0 Å². The van der Waals surface area contributed by atoms with Gasteiger partial charge in [0.1, 0.15) is 0 Å². The number of hydrogen-bond donors (Lipinski definition) is 2. The van der Waals surface area contributed by atoms with E-state index in [0.29, 0.717) is 12.5 Å². The van der Waals surface area contributed by atoms with E-state index in [1.54, 1.807) is 6.92 Å². The predicted molar refractivity (Wildman–Crippen MR) is 101 cm³/mol. The van der Waals surface area contributed by atoms with Crippen LogP contribution in [-0.4, -0.2) is 30.4 Å². The van der Waals surface area contributed by atoms with Crippen molar-refractivity contribution in [1.29, 1.82) is 0 Å². The van der Waals surface area contributed by atoms with Crippen LogP contribution in [-0.2, 0) is 18.0 Å². The maximum absolute atomic E-state index is 12.3. The third kappa shape index (κ3) is 14.6. The molecule has 0 aromatic carbocycles. The summed E-state index contributed by atoms with van der Waals surface area (Å²) < 4.78 is 33.5. The van der Waals surface area contributed by atoms with E-state index in [9.17, 15) is 14.0 Å². The van der Waals surface area contributed by atoms with Crippen LogP contribution in [0.5, 0.6) is 0 Å². The second-order valence-corrected chi connectivity index (χ2v) is 10.6. The number of hydrogen-bond acceptors (Lipinski definition) is 5. The minimum Gasteiger partial charge on any atom is -0.328 e. The highest BCUT2D eigenvalue weighted by Crippen LogP contribution is 2.60. The molecule has 3 N–H and O–H groups in total. The fourth-order valence-electron chi connectivity index (χ4n) is 2.53. The van der Waals surface area contributed by atoms with Gasteiger partial charge in [-0.25, -0.2) is 4.31 Å². The normalized spacial score (nSPS) is 18.0. The molecule has 3 atom stereocenters. The third-order valence-electron chi connectivity index (χ3n) is 3.88. The quantitative estimate of drug-likeness (QED) is 0.276. The lowest BCUT2D eigenvalue weighted by atomic mass is 10.0. The van der Waals surface area contributed by atoms with E-state index >= 15 is 0 Å². The van der Waals surface area contributed by atoms with E-state index in [1.165, 1.54) is 25.7 Å². The van der Waals surface area contributed by atoms with E-state index in [2.05, 4.69) is 6.92 Å². The number of unbranched alkanes of at least 4 members (excludes halogenated alkanes) is 7. The number of rotatable bonds is 16. The Morgan fingerprint density at radius 2 is 1.46 bits per heavy atom. The van der Waals surface area contributed by atoms with Crippen LogP contribution in [0.1, 0.15) is 78.1 Å². The van der Waals surface area contributed by atoms with Crippen LogP contribution in [0.2, 0.25) is 0 Å². The molecule has 8 heteroatoms. The van der Waals surface area contributed by atoms with Gasteiger partial charge in [0.2, 0.25) is 0 Å². The minimum atomic E-state index is -3.80. The van der Waals surface area contributed by atoms with Crippen molar-refractivity contribution in [2.24, 2.45) is 5.73 Å². The van der Waals surface area contributed by atoms with Crippen LogP contribution in [0, 0.1) is 0 Å². The lowest BCUT2D eigenvalue weighted by Crippen LogP contribution is -2.17. The molecule has 0 fully saturated rings. The Kier molecular flexibility index (Phi) is 13.7. The van der Waals surface area contributed by atoms with E-state index in [-0.39, 0.29) is 12.8 Å². The van der Waals surface area contributed by atoms with E-state index in [1.807, 2.05) is 0 Å². The van der Waals surface area contributed by atoms with Gasteiger partial charge in [0, 0.05) is 12.7 Å². The molecular weight excluding hydrogens is 348 g/mol. The molecule has 0 heterocycles. The largest absolute Gasteiger partial charge is 0.337 e. The highest BCUT2D eigenvalue weighted by atomic mass is 31.3. The summed E-state index contributed by atoms with van der Waals surface area (Å²) in [5, 5.41) is 0. The molecule has 0 bridgehead atoms. The van der Waals surface area contributed by atoms with Crippen molar-refractivity contribution in [2.45, 2.75) is 84.1 Å². The highest BCUT2D eigenvalue weighted by molar-refractivity contribution is 7.66. The lowest BCUT2D eigenvalue weighted by molar-refractivity contribution is 0.266. The Hall–Kier alpha value is 0.300. The first kappa shape index (κ1) is 24.3. The summed E-state index contributed by atoms with van der Waals surface area (Å²) in [7, 11) is -7.25. The summed E-state index contributed by atoms with van der Waals surface area (Å²) in [5.41, 5.74) is 5.89. The zero-order valence-electron chi connectivity index (χ0n) is 15.6. The Labute approximate surface area is 148 Å². The van der Waals surface area contributed by atoms with E-state index in [4.69, 9.17) is 14.6 Å². The Morgan fingerprint density at radius 3 is 1.92 bits per heavy atom. The molecule has 0 aliphatic rings. The van der Waals surface area contributed by atoms with Gasteiger partial charge in [-0.1, -0.05) is 51.9 Å². The molecule has 0 aromatic rings. The second kappa shape index (κ2) is 13.5. The molecule has 6 nitrogen and oxygen atoms in total. The molecule has 0 radical (unpaired) electrons. The van der Waals surface area contributed by atoms with Crippen LogP contribution in [0.25, 0.3) is 0 Å². The lowest BCUT2D eigenvalue weighted by Gasteiger charge is -2.18. The highest BCUT2D eigenvalue weighted by Gasteiger charge is 2.30. The molecule has 0 saturated heterocycles. The van der Waals surface area contributed by atoms with Crippen LogP contribution in [0.4, 0.5) is 0 Å². The summed E-state index contributed by atoms with van der Waals surface area (Å²) in [5.74, 6) is 0. The zero-order chi connectivity index (χ0) is 18.5. The molecule has 0 aliphatic carbocycles. The van der Waals surface area contributed by atoms with Crippen LogP contribution in [0.15, 0.2) is 0 Å². The maximum Gasteiger partial charge on any atom is 0.337 e. The maximum atomic E-state index is 12.3. The SMILES string of the molecule is CCOP(=O)(CCCCCCCCCCC(N)CC)OP(C)(=O)O. The Morgan fingerprint density at radius 1 is 0.958 bits per heavy atom. The summed E-state index contributed by atoms with van der Waals surface area (Å²) >= 11 is 0. The Bertz CT molecular complexity index is 400. The van der Waals surface area contributed by atoms with Gasteiger partial charge in [0.15, 0.2) is 0 Å². The molecule has 0 rings (SSSR count). The van der Waals surface area contributed by atoms with Gasteiger partial charge < -0.3 is 15.2 Å². The molecule has 24 heavy (non-hydrogen) atoms. The fraction of sp³-hybridized carbons (Fsp3) is 1.00. The molecule has 0 aromatic heterocycles. The first-order chi connectivity index (χ1) is 11.2. The van der Waals surface area contributed by atoms with Gasteiger partial charge in [-0.3, -0.25) is 9.13 Å². The second-order valence-electron chi connectivity index (χ2n) is 6.42. The summed E-state index contributed by atoms with van der Waals surface area (Å²) in [4.78, 5) is 9.25. The monoisotopic (exact) mass is 385 g/mol. The van der Waals surface area contributed by atoms with Crippen molar-refractivity contribution >= 4 is 15.2 Å². The first-order valence-corrected chi connectivity index (χ1v) is 13.0. The average Bonchev–Trinajstić information content (AvgIpc) is 2.47. The van der Waals surface area contributed by atoms with Gasteiger partial charge in [-0.15, -0.1) is 0 Å². The third-order valence-corrected chi connectivity index (χ3v) is 7.61. The van der Waals surface area contributed by atoms with Gasteiger partial charge in [0.05, 0.1) is 12.8 Å². The van der Waals surface area contributed by atoms with E-state index < -0.39 is 15.2 Å². The van der Waals surface area contributed by atoms with Crippen LogP contribution >= 0.6 is 15.2 Å². The molecule has 3 unspecified atom stereocenters. The molecule has 0 amide bonds. The summed E-state index contributed by atoms with van der Waals surface area (Å²) in [6.45, 7) is 5.06. The van der Waals surface area contributed by atoms with Crippen LogP contribution < -0.4 is 5.73 Å². The summed E-state index contributed by atoms with van der Waals surface area (Å²) in [6, 6.07) is 0.352. The molecule has 146 valence electrons. The fourth-order valence-corrected chi connectivity index (χ4v) is 6.03. The molecule has 0 spiro atoms. The smallest absolute Gasteiger partial charge is 0.328 e. The van der Waals surface area contributed by atoms with Gasteiger partial charge >= 0.3 is 15.2 Å². The molecule has 0 aliphatic heterocycles. The van der Waals surface area contributed by atoms with Crippen molar-refractivity contribution in [3.8, 4) is 0 Å². The Balaban J connectivity index is 3.69. The average molecular weight is 385 g/mol. The molecule has 0 saturated carbocycles. The van der Waals surface area contributed by atoms with Crippen LogP contribution in [0.3, 0.4) is 0 Å². The van der Waals surface area contributed by atoms with Gasteiger partial charge in [-0.05, 0) is 26.2 Å². The number of nitrogens with two attached hydrogens (primary N) is 1. The van der Waals surface area contributed by atoms with Crippen molar-refractivity contribution in [1.82, 2.24) is 0 Å². The standard InChI is InChI=1S/C16H37NO5P2/c1-4-16(17)14-12-10-8-6-7-9-11-13-15-24(20,21-5-2)22-23(3,18)19/h16H,4-15,17H2,1-3H3,(H,18,19). The predicted octanol–water partition coefficient (Wildman–Crippen LogP) is 5.30. The van der Waals surface area contributed by atoms with Gasteiger partial charge in [-0.2, -0.15) is 0 Å². The minimum absolute atomic E-state index is 0.203. The zero-order valence-corrected chi connectivity index (χ0v) is 17.4. The van der Waals surface area contributed by atoms with E-state index in [0.717, 1.165) is 38.8 Å².